The van der Waals surface area contributed by atoms with Gasteiger partial charge in [-0.15, -0.1) is 11.3 Å². The molecule has 50 heavy (non-hydrogen) atoms. The van der Waals surface area contributed by atoms with E-state index in [1.54, 1.807) is 16.9 Å². The van der Waals surface area contributed by atoms with Crippen LogP contribution in [0.3, 0.4) is 0 Å². The number of amides is 2. The van der Waals surface area contributed by atoms with Crippen molar-refractivity contribution >= 4 is 54.6 Å². The van der Waals surface area contributed by atoms with Crippen molar-refractivity contribution in [2.24, 2.45) is 0 Å². The van der Waals surface area contributed by atoms with Crippen molar-refractivity contribution in [1.29, 1.82) is 0 Å². The third-order valence-corrected chi connectivity index (χ3v) is 10.2. The number of nitrogens with zero attached hydrogens (tertiary/aromatic N) is 2. The Labute approximate surface area is 292 Å². The van der Waals surface area contributed by atoms with Crippen LogP contribution in [0.1, 0.15) is 30.2 Å². The number of carbonyl (C=O) groups excluding carboxylic acids is 2. The number of methoxy groups -OCH3 is 1. The quantitative estimate of drug-likeness (QED) is 0.133. The van der Waals surface area contributed by atoms with E-state index in [0.717, 1.165) is 30.4 Å². The number of nitrogens with one attached hydrogen (secondary N) is 3. The predicted octanol–water partition coefficient (Wildman–Crippen LogP) is 4.42. The molecule has 2 amide bonds. The molecule has 0 bridgehead atoms. The van der Waals surface area contributed by atoms with Crippen molar-refractivity contribution in [3.05, 3.63) is 46.6 Å². The Morgan fingerprint density at radius 1 is 1.12 bits per heavy atom. The van der Waals surface area contributed by atoms with E-state index in [1.807, 2.05) is 30.0 Å². The number of alkyl halides is 3. The highest BCUT2D eigenvalue weighted by Gasteiger charge is 2.32. The number of ether oxygens (including phenoxy) is 2. The minimum absolute atomic E-state index is 0.0191. The first-order valence-electron chi connectivity index (χ1n) is 15.6. The van der Waals surface area contributed by atoms with Gasteiger partial charge in [0.2, 0.25) is 11.8 Å². The number of benzene rings is 2. The zero-order valence-corrected chi connectivity index (χ0v) is 29.6. The Morgan fingerprint density at radius 3 is 2.48 bits per heavy atom. The summed E-state index contributed by atoms with van der Waals surface area (Å²) in [5, 5.41) is 6.74. The molecule has 0 spiro atoms. The highest BCUT2D eigenvalue weighted by Crippen LogP contribution is 2.39. The summed E-state index contributed by atoms with van der Waals surface area (Å²) in [6.07, 6.45) is -4.31. The van der Waals surface area contributed by atoms with Gasteiger partial charge in [-0.05, 0) is 44.0 Å². The molecular weight excluding hydrogens is 703 g/mol. The largest absolute Gasteiger partial charge is 0.489 e. The van der Waals surface area contributed by atoms with Gasteiger partial charge in [-0.2, -0.15) is 13.2 Å². The molecule has 11 nitrogen and oxygen atoms in total. The van der Waals surface area contributed by atoms with Crippen molar-refractivity contribution in [3.63, 3.8) is 0 Å². The molecule has 3 aromatic rings. The van der Waals surface area contributed by atoms with E-state index in [4.69, 9.17) is 9.47 Å². The molecule has 0 unspecified atom stereocenters. The summed E-state index contributed by atoms with van der Waals surface area (Å²) in [6, 6.07) is 6.95. The summed E-state index contributed by atoms with van der Waals surface area (Å²) >= 11 is 1.13. The van der Waals surface area contributed by atoms with Crippen molar-refractivity contribution in [2.45, 2.75) is 43.3 Å². The fraction of sp³-hybridized carbons (Fsp3) is 0.455. The van der Waals surface area contributed by atoms with Gasteiger partial charge >= 0.3 is 6.18 Å². The molecule has 0 aliphatic carbocycles. The van der Waals surface area contributed by atoms with E-state index in [1.165, 1.54) is 7.11 Å². The van der Waals surface area contributed by atoms with Gasteiger partial charge in [0.15, 0.2) is 0 Å². The molecule has 0 saturated carbocycles. The molecular formula is C33H39F4N5O6S2. The second kappa shape index (κ2) is 16.7. The smallest absolute Gasteiger partial charge is 0.393 e. The normalized spacial score (nSPS) is 14.0. The third-order valence-electron chi connectivity index (χ3n) is 7.57. The molecule has 0 radical (unpaired) electrons. The molecule has 3 N–H and O–H groups in total. The first-order valence-corrected chi connectivity index (χ1v) is 17.9. The molecule has 1 aliphatic rings. The Balaban J connectivity index is 1.57. The number of thiophene rings is 1. The van der Waals surface area contributed by atoms with Crippen LogP contribution in [0.2, 0.25) is 0 Å². The van der Waals surface area contributed by atoms with Crippen LogP contribution in [-0.4, -0.2) is 103 Å². The topological polar surface area (TPSA) is 129 Å². The lowest BCUT2D eigenvalue weighted by Crippen LogP contribution is -2.45. The monoisotopic (exact) mass is 741 g/mol. The van der Waals surface area contributed by atoms with Crippen molar-refractivity contribution in [3.8, 4) is 17.6 Å². The zero-order chi connectivity index (χ0) is 36.6. The molecule has 17 heteroatoms. The van der Waals surface area contributed by atoms with Crippen molar-refractivity contribution < 1.29 is 45.0 Å². The first-order chi connectivity index (χ1) is 23.6. The summed E-state index contributed by atoms with van der Waals surface area (Å²) < 4.78 is 94.1. The summed E-state index contributed by atoms with van der Waals surface area (Å²) in [5.41, 5.74) is 0.755. The second-order valence-electron chi connectivity index (χ2n) is 11.9. The maximum absolute atomic E-state index is 15.0. The van der Waals surface area contributed by atoms with Crippen LogP contribution in [0.15, 0.2) is 35.2 Å². The number of hydrogen-bond donors (Lipinski definition) is 3. The first kappa shape index (κ1) is 38.7. The number of carbonyl (C=O) groups is 2. The SMILES string of the molecule is COCCOc1cc(S(=O)(=O)NC(C)=O)c(F)cc1NCC#Cc1sc2c(NC3CCN(C(=O)CN(C)C)CC3)cccc2c1CC(F)(F)F. The molecule has 1 fully saturated rings. The van der Waals surface area contributed by atoms with E-state index in [2.05, 4.69) is 22.5 Å². The molecule has 2 heterocycles. The maximum Gasteiger partial charge on any atom is 0.393 e. The van der Waals surface area contributed by atoms with Gasteiger partial charge in [-0.1, -0.05) is 24.0 Å². The minimum Gasteiger partial charge on any atom is -0.489 e. The predicted molar refractivity (Wildman–Crippen MR) is 184 cm³/mol. The number of likely N-dealkylation sites (N-methyl/N-ethyl adjacent to an activating group) is 1. The minimum atomic E-state index is -4.53. The number of piperidine rings is 1. The summed E-state index contributed by atoms with van der Waals surface area (Å²) in [6.45, 7) is 2.39. The third kappa shape index (κ3) is 10.5. The van der Waals surface area contributed by atoms with Crippen molar-refractivity contribution in [2.75, 3.05) is 71.2 Å². The van der Waals surface area contributed by atoms with E-state index in [0.29, 0.717) is 48.2 Å². The molecule has 1 saturated heterocycles. The number of hydrogen-bond acceptors (Lipinski definition) is 10. The van der Waals surface area contributed by atoms with Crippen LogP contribution >= 0.6 is 11.3 Å². The highest BCUT2D eigenvalue weighted by atomic mass is 32.2. The van der Waals surface area contributed by atoms with Gasteiger partial charge in [0, 0.05) is 45.3 Å². The van der Waals surface area contributed by atoms with E-state index in [-0.39, 0.29) is 53.6 Å². The number of fused-ring (bicyclic) bond motifs is 1. The van der Waals surface area contributed by atoms with Crippen LogP contribution in [-0.2, 0) is 30.8 Å². The summed E-state index contributed by atoms with van der Waals surface area (Å²) in [4.78, 5) is 26.8. The van der Waals surface area contributed by atoms with Crippen LogP contribution in [0.4, 0.5) is 28.9 Å². The van der Waals surface area contributed by atoms with Gasteiger partial charge in [0.1, 0.15) is 23.1 Å². The molecule has 272 valence electrons. The standard InChI is InChI=1S/C33H39F4N5O6S2/c1-21(43)40-50(45,46)30-18-28(48-16-15-47-4)27(17-25(30)34)38-12-6-9-29-24(19-33(35,36)37)23-7-5-8-26(32(23)49-29)39-22-10-13-42(14-11-22)31(44)20-41(2)3/h5,7-8,17-18,22,38-39H,10-16,19-20H2,1-4H3,(H,40,43). The molecule has 2 aromatic carbocycles. The van der Waals surface area contributed by atoms with Gasteiger partial charge in [-0.25, -0.2) is 17.5 Å². The number of anilines is 2. The maximum atomic E-state index is 15.0. The van der Waals surface area contributed by atoms with Crippen LogP contribution in [0.25, 0.3) is 10.1 Å². The van der Waals surface area contributed by atoms with E-state index < -0.39 is 39.2 Å². The molecule has 1 aromatic heterocycles. The summed E-state index contributed by atoms with van der Waals surface area (Å²) in [5.74, 6) is 3.53. The Kier molecular flexibility index (Phi) is 12.9. The number of halogens is 4. The Bertz CT molecular complexity index is 1860. The van der Waals surface area contributed by atoms with Gasteiger partial charge in [0.25, 0.3) is 10.0 Å². The average Bonchev–Trinajstić information content (AvgIpc) is 3.36. The number of likely N-dealkylation sites (tertiary alicyclic amines) is 1. The lowest BCUT2D eigenvalue weighted by molar-refractivity contribution is -0.132. The molecule has 1 aliphatic heterocycles. The van der Waals surface area contributed by atoms with Crippen LogP contribution < -0.4 is 20.1 Å². The second-order valence-corrected chi connectivity index (χ2v) is 14.5. The fourth-order valence-electron chi connectivity index (χ4n) is 5.37. The highest BCUT2D eigenvalue weighted by molar-refractivity contribution is 7.90. The van der Waals surface area contributed by atoms with Gasteiger partial charge in [0.05, 0.1) is 47.1 Å². The zero-order valence-electron chi connectivity index (χ0n) is 28.0. The van der Waals surface area contributed by atoms with E-state index >= 15 is 0 Å². The van der Waals surface area contributed by atoms with Gasteiger partial charge in [-0.3, -0.25) is 9.59 Å². The Hall–Kier alpha value is -4.11. The Morgan fingerprint density at radius 2 is 1.84 bits per heavy atom. The molecule has 4 rings (SSSR count). The van der Waals surface area contributed by atoms with Crippen LogP contribution in [0, 0.1) is 17.7 Å². The lowest BCUT2D eigenvalue weighted by atomic mass is 10.0. The average molecular weight is 742 g/mol. The lowest BCUT2D eigenvalue weighted by Gasteiger charge is -2.33. The molecule has 0 atom stereocenters. The van der Waals surface area contributed by atoms with E-state index in [9.17, 15) is 35.6 Å². The van der Waals surface area contributed by atoms with Crippen LogP contribution in [0.5, 0.6) is 5.75 Å². The van der Waals surface area contributed by atoms with Gasteiger partial charge < -0.3 is 29.9 Å². The summed E-state index contributed by atoms with van der Waals surface area (Å²) in [7, 11) is 0.562. The fourth-order valence-corrected chi connectivity index (χ4v) is 7.60. The number of rotatable bonds is 13. The number of sulfonamides is 1. The van der Waals surface area contributed by atoms with Crippen molar-refractivity contribution in [1.82, 2.24) is 14.5 Å².